The first-order valence-corrected chi connectivity index (χ1v) is 5.54. The summed E-state index contributed by atoms with van der Waals surface area (Å²) in [7, 11) is 1.61. The third-order valence-electron chi connectivity index (χ3n) is 2.21. The molecule has 1 amide bonds. The molecule has 1 aromatic rings. The fourth-order valence-corrected chi connectivity index (χ4v) is 1.31. The lowest BCUT2D eigenvalue weighted by Crippen LogP contribution is -2.30. The average molecular weight is 239 g/mol. The average Bonchev–Trinajstić information content (AvgIpc) is 2.35. The molecule has 17 heavy (non-hydrogen) atoms. The van der Waals surface area contributed by atoms with Gasteiger partial charge in [-0.3, -0.25) is 9.59 Å². The molecular formula is C11H17N3O3. The van der Waals surface area contributed by atoms with Gasteiger partial charge in [0.05, 0.1) is 0 Å². The number of hydrogen-bond donors (Lipinski definition) is 1. The summed E-state index contributed by atoms with van der Waals surface area (Å²) in [6, 6.07) is 2.78. The Kier molecular flexibility index (Phi) is 5.35. The fourth-order valence-electron chi connectivity index (χ4n) is 1.31. The Balaban J connectivity index is 2.60. The molecule has 0 aliphatic rings. The Bertz CT molecular complexity index is 428. The topological polar surface area (TPSA) is 73.2 Å². The van der Waals surface area contributed by atoms with Gasteiger partial charge in [0.25, 0.3) is 11.5 Å². The van der Waals surface area contributed by atoms with E-state index in [2.05, 4.69) is 10.4 Å². The van der Waals surface area contributed by atoms with Crippen LogP contribution in [0.3, 0.4) is 0 Å². The van der Waals surface area contributed by atoms with Crippen molar-refractivity contribution in [1.82, 2.24) is 15.1 Å². The van der Waals surface area contributed by atoms with Crippen LogP contribution in [0, 0.1) is 0 Å². The monoisotopic (exact) mass is 239 g/mol. The molecule has 1 N–H and O–H groups in total. The van der Waals surface area contributed by atoms with E-state index in [0.29, 0.717) is 19.7 Å². The van der Waals surface area contributed by atoms with Crippen LogP contribution in [0.4, 0.5) is 0 Å². The van der Waals surface area contributed by atoms with Crippen molar-refractivity contribution in [2.75, 3.05) is 20.3 Å². The van der Waals surface area contributed by atoms with Crippen LogP contribution >= 0.6 is 0 Å². The van der Waals surface area contributed by atoms with Crippen molar-refractivity contribution in [1.29, 1.82) is 0 Å². The van der Waals surface area contributed by atoms with Crippen LogP contribution in [-0.4, -0.2) is 35.9 Å². The lowest BCUT2D eigenvalue weighted by Gasteiger charge is -2.05. The van der Waals surface area contributed by atoms with Crippen molar-refractivity contribution in [2.45, 2.75) is 19.9 Å². The van der Waals surface area contributed by atoms with E-state index in [9.17, 15) is 9.59 Å². The summed E-state index contributed by atoms with van der Waals surface area (Å²) in [6.45, 7) is 3.38. The molecule has 0 fully saturated rings. The number of aryl methyl sites for hydroxylation is 1. The normalized spacial score (nSPS) is 10.2. The van der Waals surface area contributed by atoms with Gasteiger partial charge < -0.3 is 10.1 Å². The van der Waals surface area contributed by atoms with Crippen molar-refractivity contribution < 1.29 is 9.53 Å². The highest BCUT2D eigenvalue weighted by Crippen LogP contribution is 1.91. The Morgan fingerprint density at radius 1 is 1.53 bits per heavy atom. The highest BCUT2D eigenvalue weighted by Gasteiger charge is 2.07. The van der Waals surface area contributed by atoms with Gasteiger partial charge in [-0.05, 0) is 19.4 Å². The molecule has 0 spiro atoms. The number of nitrogens with zero attached hydrogens (tertiary/aromatic N) is 2. The lowest BCUT2D eigenvalue weighted by molar-refractivity contribution is 0.0941. The maximum absolute atomic E-state index is 11.7. The number of methoxy groups -OCH3 is 1. The second kappa shape index (κ2) is 6.80. The van der Waals surface area contributed by atoms with Gasteiger partial charge in [0.15, 0.2) is 0 Å². The lowest BCUT2D eigenvalue weighted by atomic mass is 10.3. The molecule has 0 unspecified atom stereocenters. The summed E-state index contributed by atoms with van der Waals surface area (Å²) in [4.78, 5) is 22.9. The molecule has 94 valence electrons. The summed E-state index contributed by atoms with van der Waals surface area (Å²) in [5, 5.41) is 6.66. The standard InChI is InChI=1S/C11H17N3O3/c1-3-14-10(15)6-5-9(13-14)11(16)12-7-4-8-17-2/h5-6H,3-4,7-8H2,1-2H3,(H,12,16). The number of hydrogen-bond acceptors (Lipinski definition) is 4. The molecule has 1 rings (SSSR count). The molecule has 1 heterocycles. The number of ether oxygens (including phenoxy) is 1. The second-order valence-corrected chi connectivity index (χ2v) is 3.47. The largest absolute Gasteiger partial charge is 0.385 e. The quantitative estimate of drug-likeness (QED) is 0.711. The van der Waals surface area contributed by atoms with E-state index in [1.54, 1.807) is 14.0 Å². The first kappa shape index (κ1) is 13.4. The van der Waals surface area contributed by atoms with E-state index >= 15 is 0 Å². The van der Waals surface area contributed by atoms with Crippen LogP contribution in [0.5, 0.6) is 0 Å². The zero-order chi connectivity index (χ0) is 12.7. The maximum Gasteiger partial charge on any atom is 0.271 e. The molecule has 0 aliphatic heterocycles. The molecule has 0 bridgehead atoms. The smallest absolute Gasteiger partial charge is 0.271 e. The molecule has 1 aromatic heterocycles. The van der Waals surface area contributed by atoms with E-state index in [-0.39, 0.29) is 17.2 Å². The Labute approximate surface area is 99.6 Å². The van der Waals surface area contributed by atoms with E-state index in [0.717, 1.165) is 6.42 Å². The van der Waals surface area contributed by atoms with Crippen LogP contribution < -0.4 is 10.9 Å². The molecule has 0 saturated heterocycles. The molecular weight excluding hydrogens is 222 g/mol. The minimum absolute atomic E-state index is 0.205. The predicted molar refractivity (Wildman–Crippen MR) is 63.0 cm³/mol. The number of nitrogens with one attached hydrogen (secondary N) is 1. The van der Waals surface area contributed by atoms with Gasteiger partial charge in [-0.25, -0.2) is 4.68 Å². The maximum atomic E-state index is 11.7. The van der Waals surface area contributed by atoms with Gasteiger partial charge in [-0.15, -0.1) is 0 Å². The van der Waals surface area contributed by atoms with E-state index in [4.69, 9.17) is 4.74 Å². The second-order valence-electron chi connectivity index (χ2n) is 3.47. The number of amides is 1. The van der Waals surface area contributed by atoms with Crippen molar-refractivity contribution in [3.63, 3.8) is 0 Å². The van der Waals surface area contributed by atoms with Crippen LogP contribution in [-0.2, 0) is 11.3 Å². The van der Waals surface area contributed by atoms with Gasteiger partial charge in [0, 0.05) is 32.9 Å². The Morgan fingerprint density at radius 3 is 2.94 bits per heavy atom. The zero-order valence-corrected chi connectivity index (χ0v) is 10.1. The first-order chi connectivity index (χ1) is 8.19. The van der Waals surface area contributed by atoms with Gasteiger partial charge >= 0.3 is 0 Å². The van der Waals surface area contributed by atoms with Gasteiger partial charge in [0.2, 0.25) is 0 Å². The van der Waals surface area contributed by atoms with Crippen molar-refractivity contribution >= 4 is 5.91 Å². The van der Waals surface area contributed by atoms with Gasteiger partial charge in [0.1, 0.15) is 5.69 Å². The number of rotatable bonds is 6. The molecule has 0 radical (unpaired) electrons. The summed E-state index contributed by atoms with van der Waals surface area (Å²) in [6.07, 6.45) is 0.746. The third kappa shape index (κ3) is 3.99. The summed E-state index contributed by atoms with van der Waals surface area (Å²) in [5.74, 6) is -0.275. The van der Waals surface area contributed by atoms with Crippen LogP contribution in [0.15, 0.2) is 16.9 Å². The SMILES string of the molecule is CCn1nc(C(=O)NCCCOC)ccc1=O. The number of aromatic nitrogens is 2. The summed E-state index contributed by atoms with van der Waals surface area (Å²) < 4.78 is 6.12. The van der Waals surface area contributed by atoms with Gasteiger partial charge in [-0.1, -0.05) is 0 Å². The fraction of sp³-hybridized carbons (Fsp3) is 0.545. The van der Waals surface area contributed by atoms with Crippen molar-refractivity contribution in [3.8, 4) is 0 Å². The Hall–Kier alpha value is -1.69. The summed E-state index contributed by atoms with van der Waals surface area (Å²) >= 11 is 0. The van der Waals surface area contributed by atoms with Crippen LogP contribution in [0.1, 0.15) is 23.8 Å². The molecule has 6 heteroatoms. The highest BCUT2D eigenvalue weighted by molar-refractivity contribution is 5.91. The van der Waals surface area contributed by atoms with Crippen LogP contribution in [0.25, 0.3) is 0 Å². The van der Waals surface area contributed by atoms with E-state index < -0.39 is 0 Å². The zero-order valence-electron chi connectivity index (χ0n) is 10.1. The van der Waals surface area contributed by atoms with E-state index in [1.165, 1.54) is 16.8 Å². The molecule has 0 atom stereocenters. The van der Waals surface area contributed by atoms with Gasteiger partial charge in [-0.2, -0.15) is 5.10 Å². The van der Waals surface area contributed by atoms with Crippen LogP contribution in [0.2, 0.25) is 0 Å². The molecule has 0 aromatic carbocycles. The van der Waals surface area contributed by atoms with Crippen molar-refractivity contribution in [3.05, 3.63) is 28.2 Å². The Morgan fingerprint density at radius 2 is 2.29 bits per heavy atom. The minimum Gasteiger partial charge on any atom is -0.385 e. The predicted octanol–water partition coefficient (Wildman–Crippen LogP) is 0.0295. The molecule has 6 nitrogen and oxygen atoms in total. The highest BCUT2D eigenvalue weighted by atomic mass is 16.5. The molecule has 0 aliphatic carbocycles. The minimum atomic E-state index is -0.275. The third-order valence-corrected chi connectivity index (χ3v) is 2.21. The summed E-state index contributed by atoms with van der Waals surface area (Å²) in [5.41, 5.74) is 0.0484. The van der Waals surface area contributed by atoms with E-state index in [1.807, 2.05) is 0 Å². The van der Waals surface area contributed by atoms with Crippen molar-refractivity contribution in [2.24, 2.45) is 0 Å². The number of carbonyl (C=O) groups excluding carboxylic acids is 1. The first-order valence-electron chi connectivity index (χ1n) is 5.54. The number of carbonyl (C=O) groups is 1. The molecule has 0 saturated carbocycles.